The van der Waals surface area contributed by atoms with Crippen molar-refractivity contribution in [3.63, 3.8) is 0 Å². The van der Waals surface area contributed by atoms with Crippen molar-refractivity contribution in [3.8, 4) is 24.0 Å². The van der Waals surface area contributed by atoms with Gasteiger partial charge in [-0.15, -0.1) is 0 Å². The normalized spacial score (nSPS) is 8.68. The van der Waals surface area contributed by atoms with Crippen LogP contribution in [0.1, 0.15) is 0 Å². The highest BCUT2D eigenvalue weighted by atomic mass is 79.9. The number of hydrogen-bond acceptors (Lipinski definition) is 6. The lowest BCUT2D eigenvalue weighted by molar-refractivity contribution is -0.122. The van der Waals surface area contributed by atoms with Crippen molar-refractivity contribution in [2.45, 2.75) is 0 Å². The molecule has 0 aliphatic rings. The molecular weight excluding hydrogens is 350 g/mol. The highest BCUT2D eigenvalue weighted by Gasteiger charge is 2.10. The van der Waals surface area contributed by atoms with Crippen molar-refractivity contribution < 1.29 is 9.53 Å². The molecule has 22 heavy (non-hydrogen) atoms. The number of hydrogen-bond donors (Lipinski definition) is 2. The first-order chi connectivity index (χ1) is 10.5. The molecule has 0 spiro atoms. The van der Waals surface area contributed by atoms with Crippen LogP contribution in [0.15, 0.2) is 33.9 Å². The monoisotopic (exact) mass is 359 g/mol. The first-order valence-corrected chi connectivity index (χ1v) is 6.69. The zero-order valence-electron chi connectivity index (χ0n) is 11.5. The third kappa shape index (κ3) is 4.52. The van der Waals surface area contributed by atoms with Crippen LogP contribution < -0.4 is 15.4 Å². The van der Waals surface area contributed by atoms with Crippen LogP contribution in [0, 0.1) is 34.0 Å². The Morgan fingerprint density at radius 1 is 1.27 bits per heavy atom. The minimum atomic E-state index is -0.328. The molecule has 0 aromatic heterocycles. The third-order valence-electron chi connectivity index (χ3n) is 2.43. The number of halogens is 1. The minimum Gasteiger partial charge on any atom is -0.484 e. The number of rotatable bonds is 5. The lowest BCUT2D eigenvalue weighted by Gasteiger charge is -2.10. The van der Waals surface area contributed by atoms with Crippen LogP contribution in [0.3, 0.4) is 0 Å². The molecule has 1 amide bonds. The number of allylic oxidation sites excluding steroid dienone is 2. The number of ether oxygens (including phenoxy) is 1. The number of carbonyl (C=O) groups is 1. The first kappa shape index (κ1) is 17.0. The van der Waals surface area contributed by atoms with Crippen molar-refractivity contribution in [1.82, 2.24) is 5.32 Å². The SMILES string of the molecule is CNC(=O)COc1ccc(Br)c(NC(C#N)=C(C#N)C#N)c1. The summed E-state index contributed by atoms with van der Waals surface area (Å²) in [6, 6.07) is 9.85. The van der Waals surface area contributed by atoms with Gasteiger partial charge in [0.05, 0.1) is 5.69 Å². The molecule has 1 rings (SSSR count). The van der Waals surface area contributed by atoms with Gasteiger partial charge in [0.25, 0.3) is 5.91 Å². The zero-order valence-corrected chi connectivity index (χ0v) is 13.1. The quantitative estimate of drug-likeness (QED) is 0.773. The van der Waals surface area contributed by atoms with E-state index in [1.54, 1.807) is 30.3 Å². The van der Waals surface area contributed by atoms with Crippen molar-refractivity contribution in [3.05, 3.63) is 33.9 Å². The molecule has 0 unspecified atom stereocenters. The Labute approximate surface area is 135 Å². The second kappa shape index (κ2) is 8.31. The summed E-state index contributed by atoms with van der Waals surface area (Å²) in [7, 11) is 1.50. The topological polar surface area (TPSA) is 122 Å². The second-order valence-corrected chi connectivity index (χ2v) is 4.67. The van der Waals surface area contributed by atoms with Gasteiger partial charge < -0.3 is 15.4 Å². The molecule has 0 heterocycles. The van der Waals surface area contributed by atoms with Crippen LogP contribution in [0.2, 0.25) is 0 Å². The Balaban J connectivity index is 3.04. The minimum absolute atomic E-state index is 0.153. The van der Waals surface area contributed by atoms with Gasteiger partial charge in [0.1, 0.15) is 29.7 Å². The molecule has 1 aromatic rings. The van der Waals surface area contributed by atoms with Gasteiger partial charge in [-0.1, -0.05) is 0 Å². The van der Waals surface area contributed by atoms with Crippen molar-refractivity contribution in [2.75, 3.05) is 19.0 Å². The molecule has 2 N–H and O–H groups in total. The summed E-state index contributed by atoms with van der Waals surface area (Å²) in [4.78, 5) is 11.1. The summed E-state index contributed by atoms with van der Waals surface area (Å²) in [6.45, 7) is -0.153. The van der Waals surface area contributed by atoms with Crippen LogP contribution in [-0.2, 0) is 4.79 Å². The number of amides is 1. The van der Waals surface area contributed by atoms with E-state index in [1.807, 2.05) is 0 Å². The number of nitrogens with one attached hydrogen (secondary N) is 2. The lowest BCUT2D eigenvalue weighted by Crippen LogP contribution is -2.24. The molecule has 0 fully saturated rings. The number of nitrogens with zero attached hydrogens (tertiary/aromatic N) is 3. The Morgan fingerprint density at radius 2 is 1.95 bits per heavy atom. The first-order valence-electron chi connectivity index (χ1n) is 5.90. The molecular formula is C14H10BrN5O2. The van der Waals surface area contributed by atoms with Crippen LogP contribution in [0.4, 0.5) is 5.69 Å². The third-order valence-corrected chi connectivity index (χ3v) is 3.12. The van der Waals surface area contributed by atoms with Gasteiger partial charge in [0, 0.05) is 17.6 Å². The van der Waals surface area contributed by atoms with Crippen LogP contribution in [0.5, 0.6) is 5.75 Å². The molecule has 1 aromatic carbocycles. The van der Waals surface area contributed by atoms with Crippen molar-refractivity contribution in [1.29, 1.82) is 15.8 Å². The Bertz CT molecular complexity index is 721. The van der Waals surface area contributed by atoms with E-state index in [0.29, 0.717) is 15.9 Å². The molecule has 0 atom stereocenters. The molecule has 0 radical (unpaired) electrons. The summed E-state index contributed by atoms with van der Waals surface area (Å²) in [5.41, 5.74) is -0.0748. The molecule has 0 saturated carbocycles. The van der Waals surface area contributed by atoms with E-state index in [0.717, 1.165) is 0 Å². The van der Waals surface area contributed by atoms with Gasteiger partial charge in [-0.05, 0) is 28.1 Å². The average molecular weight is 360 g/mol. The smallest absolute Gasteiger partial charge is 0.257 e. The Kier molecular flexibility index (Phi) is 6.43. The van der Waals surface area contributed by atoms with E-state index in [2.05, 4.69) is 26.6 Å². The number of likely N-dealkylation sites (N-methyl/N-ethyl adjacent to an activating group) is 1. The molecule has 0 saturated heterocycles. The van der Waals surface area contributed by atoms with Crippen LogP contribution >= 0.6 is 15.9 Å². The maximum Gasteiger partial charge on any atom is 0.257 e. The molecule has 0 bridgehead atoms. The van der Waals surface area contributed by atoms with Crippen LogP contribution in [-0.4, -0.2) is 19.6 Å². The van der Waals surface area contributed by atoms with E-state index in [1.165, 1.54) is 13.1 Å². The van der Waals surface area contributed by atoms with Crippen LogP contribution in [0.25, 0.3) is 0 Å². The highest BCUT2D eigenvalue weighted by molar-refractivity contribution is 9.10. The van der Waals surface area contributed by atoms with Gasteiger partial charge in [-0.25, -0.2) is 0 Å². The van der Waals surface area contributed by atoms with E-state index in [9.17, 15) is 4.79 Å². The zero-order chi connectivity index (χ0) is 16.5. The second-order valence-electron chi connectivity index (χ2n) is 3.81. The van der Waals surface area contributed by atoms with E-state index < -0.39 is 0 Å². The van der Waals surface area contributed by atoms with Gasteiger partial charge in [-0.3, -0.25) is 4.79 Å². The standard InChI is InChI=1S/C14H10BrN5O2/c1-19-14(21)8-22-10-2-3-11(15)12(4-10)20-13(7-18)9(5-16)6-17/h2-4,20H,8H2,1H3,(H,19,21). The molecule has 8 heteroatoms. The summed E-state index contributed by atoms with van der Waals surface area (Å²) >= 11 is 3.28. The summed E-state index contributed by atoms with van der Waals surface area (Å²) in [5.74, 6) is 0.105. The molecule has 110 valence electrons. The largest absolute Gasteiger partial charge is 0.484 e. The Hall–Kier alpha value is -3.02. The van der Waals surface area contributed by atoms with E-state index >= 15 is 0 Å². The Morgan fingerprint density at radius 3 is 2.50 bits per heavy atom. The fourth-order valence-corrected chi connectivity index (χ4v) is 1.67. The number of benzene rings is 1. The predicted octanol–water partition coefficient (Wildman–Crippen LogP) is 1.81. The number of nitriles is 3. The fourth-order valence-electron chi connectivity index (χ4n) is 1.33. The lowest BCUT2D eigenvalue weighted by atomic mass is 10.2. The van der Waals surface area contributed by atoms with Gasteiger partial charge >= 0.3 is 0 Å². The van der Waals surface area contributed by atoms with E-state index in [-0.39, 0.29) is 23.8 Å². The van der Waals surface area contributed by atoms with Crippen molar-refractivity contribution in [2.24, 2.45) is 0 Å². The van der Waals surface area contributed by atoms with Crippen molar-refractivity contribution >= 4 is 27.5 Å². The van der Waals surface area contributed by atoms with Gasteiger partial charge in [0.15, 0.2) is 12.2 Å². The number of carbonyl (C=O) groups excluding carboxylic acids is 1. The predicted molar refractivity (Wildman–Crippen MR) is 81.2 cm³/mol. The summed E-state index contributed by atoms with van der Waals surface area (Å²) < 4.78 is 5.88. The summed E-state index contributed by atoms with van der Waals surface area (Å²) in [6.07, 6.45) is 0. The highest BCUT2D eigenvalue weighted by Crippen LogP contribution is 2.28. The molecule has 0 aliphatic heterocycles. The average Bonchev–Trinajstić information content (AvgIpc) is 2.54. The maximum absolute atomic E-state index is 11.1. The fraction of sp³-hybridized carbons (Fsp3) is 0.143. The maximum atomic E-state index is 11.1. The molecule has 7 nitrogen and oxygen atoms in total. The van der Waals surface area contributed by atoms with E-state index in [4.69, 9.17) is 20.5 Å². The molecule has 0 aliphatic carbocycles. The van der Waals surface area contributed by atoms with Gasteiger partial charge in [-0.2, -0.15) is 15.8 Å². The van der Waals surface area contributed by atoms with Gasteiger partial charge in [0.2, 0.25) is 0 Å². The summed E-state index contributed by atoms with van der Waals surface area (Å²) in [5, 5.41) is 31.7. The number of anilines is 1.